The highest BCUT2D eigenvalue weighted by Crippen LogP contribution is 2.42. The van der Waals surface area contributed by atoms with Crippen molar-refractivity contribution in [1.29, 1.82) is 0 Å². The highest BCUT2D eigenvalue weighted by Gasteiger charge is 2.26. The Kier molecular flexibility index (Phi) is 6.79. The molecule has 212 valence electrons. The number of sulfonamides is 1. The zero-order valence-electron chi connectivity index (χ0n) is 23.3. The minimum absolute atomic E-state index is 0.309. The van der Waals surface area contributed by atoms with Crippen LogP contribution in [0.4, 0.5) is 5.69 Å². The van der Waals surface area contributed by atoms with Crippen LogP contribution in [0.15, 0.2) is 89.6 Å². The van der Waals surface area contributed by atoms with Crippen LogP contribution in [0, 0.1) is 6.92 Å². The summed E-state index contributed by atoms with van der Waals surface area (Å²) in [7, 11) is -0.573. The lowest BCUT2D eigenvalue weighted by Gasteiger charge is -2.21. The van der Waals surface area contributed by atoms with Gasteiger partial charge in [0.05, 0.1) is 28.5 Å². The van der Waals surface area contributed by atoms with Gasteiger partial charge < -0.3 is 9.73 Å². The zero-order valence-corrected chi connectivity index (χ0v) is 24.9. The molecule has 1 amide bonds. The Morgan fingerprint density at radius 1 is 0.976 bits per heavy atom. The summed E-state index contributed by atoms with van der Waals surface area (Å²) in [6, 6.07) is 24.4. The van der Waals surface area contributed by atoms with Gasteiger partial charge in [-0.1, -0.05) is 47.5 Å². The van der Waals surface area contributed by atoms with Crippen LogP contribution < -0.4 is 9.62 Å². The summed E-state index contributed by atoms with van der Waals surface area (Å²) >= 11 is 6.11. The van der Waals surface area contributed by atoms with E-state index in [0.29, 0.717) is 38.6 Å². The molecule has 0 aliphatic rings. The highest BCUT2D eigenvalue weighted by atomic mass is 35.5. The third-order valence-corrected chi connectivity index (χ3v) is 8.82. The van der Waals surface area contributed by atoms with Crippen LogP contribution >= 0.6 is 11.6 Å². The number of furan rings is 1. The van der Waals surface area contributed by atoms with Crippen molar-refractivity contribution >= 4 is 55.2 Å². The third-order valence-electron chi connectivity index (χ3n) is 7.37. The van der Waals surface area contributed by atoms with E-state index in [1.165, 1.54) is 11.4 Å². The molecule has 0 spiro atoms. The van der Waals surface area contributed by atoms with E-state index in [9.17, 15) is 13.2 Å². The highest BCUT2D eigenvalue weighted by molar-refractivity contribution is 7.92. The first kappa shape index (κ1) is 27.6. The van der Waals surface area contributed by atoms with E-state index in [4.69, 9.17) is 16.0 Å². The summed E-state index contributed by atoms with van der Waals surface area (Å²) in [4.78, 5) is 17.8. The quantitative estimate of drug-likeness (QED) is 0.227. The molecule has 42 heavy (non-hydrogen) atoms. The molecule has 6 rings (SSSR count). The minimum atomic E-state index is -3.64. The van der Waals surface area contributed by atoms with Gasteiger partial charge in [-0.3, -0.25) is 13.7 Å². The monoisotopic (exact) mass is 598 g/mol. The van der Waals surface area contributed by atoms with E-state index in [1.807, 2.05) is 84.3 Å². The number of hydrogen-bond donors (Lipinski definition) is 1. The van der Waals surface area contributed by atoms with E-state index in [2.05, 4.69) is 10.3 Å². The van der Waals surface area contributed by atoms with Crippen molar-refractivity contribution in [3.8, 4) is 28.1 Å². The zero-order chi connectivity index (χ0) is 29.8. The van der Waals surface area contributed by atoms with Gasteiger partial charge in [0.25, 0.3) is 5.91 Å². The molecule has 0 saturated carbocycles. The lowest BCUT2D eigenvalue weighted by molar-refractivity contribution is 0.0964. The first-order valence-corrected chi connectivity index (χ1v) is 15.3. The Morgan fingerprint density at radius 2 is 1.67 bits per heavy atom. The molecule has 0 fully saturated rings. The van der Waals surface area contributed by atoms with Crippen molar-refractivity contribution in [2.24, 2.45) is 0 Å². The van der Waals surface area contributed by atoms with Crippen LogP contribution in [-0.4, -0.2) is 44.2 Å². The molecule has 1 N–H and O–H groups in total. The molecule has 0 atom stereocenters. The lowest BCUT2D eigenvalue weighted by Crippen LogP contribution is -2.25. The number of nitrogens with zero attached hydrogens (tertiary/aromatic N) is 3. The number of aromatic nitrogens is 2. The Hall–Kier alpha value is -4.60. The standard InChI is InChI=1S/C32H27ClN4O4S/c1-19-5-7-20(8-6-19)31-30(32(38)34-2)25-16-24(27(17-29(25)41-31)36(3)42(4,39)40)21-9-14-26-28(15-21)37(18-35-26)23-12-10-22(33)11-13-23/h5-18H,1-4H3,(H,34,38). The van der Waals surface area contributed by atoms with Gasteiger partial charge in [0.15, 0.2) is 0 Å². The number of carbonyl (C=O) groups is 1. The summed E-state index contributed by atoms with van der Waals surface area (Å²) in [5.41, 5.74) is 6.81. The predicted octanol–water partition coefficient (Wildman–Crippen LogP) is 6.82. The van der Waals surface area contributed by atoms with Gasteiger partial charge in [0.2, 0.25) is 10.0 Å². The maximum absolute atomic E-state index is 13.2. The second-order valence-corrected chi connectivity index (χ2v) is 12.6. The first-order chi connectivity index (χ1) is 20.0. The third kappa shape index (κ3) is 4.80. The fourth-order valence-electron chi connectivity index (χ4n) is 5.04. The molecule has 2 heterocycles. The van der Waals surface area contributed by atoms with Gasteiger partial charge in [0.1, 0.15) is 17.7 Å². The smallest absolute Gasteiger partial charge is 0.255 e. The lowest BCUT2D eigenvalue weighted by atomic mass is 9.98. The molecule has 10 heteroatoms. The Morgan fingerprint density at radius 3 is 2.33 bits per heavy atom. The normalized spacial score (nSPS) is 11.7. The summed E-state index contributed by atoms with van der Waals surface area (Å²) in [5, 5.41) is 3.92. The summed E-state index contributed by atoms with van der Waals surface area (Å²) in [6.07, 6.45) is 2.88. The predicted molar refractivity (Wildman–Crippen MR) is 168 cm³/mol. The number of hydrogen-bond acceptors (Lipinski definition) is 5. The number of benzene rings is 4. The fourth-order valence-corrected chi connectivity index (χ4v) is 5.68. The van der Waals surface area contributed by atoms with E-state index < -0.39 is 10.0 Å². The first-order valence-electron chi connectivity index (χ1n) is 13.1. The number of anilines is 1. The number of rotatable bonds is 6. The van der Waals surface area contributed by atoms with Crippen molar-refractivity contribution in [1.82, 2.24) is 14.9 Å². The summed E-state index contributed by atoms with van der Waals surface area (Å²) in [5.74, 6) is 0.0986. The average Bonchev–Trinajstić information content (AvgIpc) is 3.57. The molecular formula is C32H27ClN4O4S. The molecule has 8 nitrogen and oxygen atoms in total. The van der Waals surface area contributed by atoms with Gasteiger partial charge in [-0.15, -0.1) is 0 Å². The van der Waals surface area contributed by atoms with E-state index in [1.54, 1.807) is 19.4 Å². The van der Waals surface area contributed by atoms with Crippen molar-refractivity contribution in [2.45, 2.75) is 6.92 Å². The second-order valence-electron chi connectivity index (χ2n) is 10.1. The number of amides is 1. The molecule has 0 saturated heterocycles. The number of aryl methyl sites for hydroxylation is 1. The van der Waals surface area contributed by atoms with Crippen LogP contribution in [0.5, 0.6) is 0 Å². The Labute approximate surface area is 248 Å². The van der Waals surface area contributed by atoms with Gasteiger partial charge in [0, 0.05) is 47.4 Å². The van der Waals surface area contributed by atoms with Crippen molar-refractivity contribution in [3.63, 3.8) is 0 Å². The largest absolute Gasteiger partial charge is 0.455 e. The number of carbonyl (C=O) groups excluding carboxylic acids is 1. The molecule has 0 aliphatic heterocycles. The number of halogens is 1. The molecule has 0 radical (unpaired) electrons. The SMILES string of the molecule is CNC(=O)c1c(-c2ccc(C)cc2)oc2cc(N(C)S(C)(=O)=O)c(-c3ccc4ncn(-c5ccc(Cl)cc5)c4c3)cc12. The fraction of sp³-hybridized carbons (Fsp3) is 0.125. The molecule has 6 aromatic rings. The van der Waals surface area contributed by atoms with E-state index in [-0.39, 0.29) is 5.91 Å². The van der Waals surface area contributed by atoms with Gasteiger partial charge in [-0.05, 0) is 55.0 Å². The molecule has 4 aromatic carbocycles. The average molecular weight is 599 g/mol. The van der Waals surface area contributed by atoms with Crippen LogP contribution in [0.3, 0.4) is 0 Å². The van der Waals surface area contributed by atoms with Crippen LogP contribution in [-0.2, 0) is 10.0 Å². The van der Waals surface area contributed by atoms with Crippen molar-refractivity contribution in [3.05, 3.63) is 101 Å². The molecular weight excluding hydrogens is 572 g/mol. The molecule has 0 unspecified atom stereocenters. The Bertz CT molecular complexity index is 2100. The minimum Gasteiger partial charge on any atom is -0.455 e. The molecule has 0 bridgehead atoms. The maximum Gasteiger partial charge on any atom is 0.255 e. The number of imidazole rings is 1. The number of nitrogens with one attached hydrogen (secondary N) is 1. The van der Waals surface area contributed by atoms with Gasteiger partial charge in [-0.2, -0.15) is 0 Å². The van der Waals surface area contributed by atoms with E-state index in [0.717, 1.165) is 39.7 Å². The topological polar surface area (TPSA) is 97.4 Å². The van der Waals surface area contributed by atoms with Crippen molar-refractivity contribution < 1.29 is 17.6 Å². The van der Waals surface area contributed by atoms with Gasteiger partial charge >= 0.3 is 0 Å². The molecule has 2 aromatic heterocycles. The molecule has 0 aliphatic carbocycles. The van der Waals surface area contributed by atoms with E-state index >= 15 is 0 Å². The summed E-state index contributed by atoms with van der Waals surface area (Å²) in [6.45, 7) is 1.98. The van der Waals surface area contributed by atoms with Crippen LogP contribution in [0.1, 0.15) is 15.9 Å². The van der Waals surface area contributed by atoms with Crippen LogP contribution in [0.2, 0.25) is 5.02 Å². The maximum atomic E-state index is 13.2. The van der Waals surface area contributed by atoms with Crippen LogP contribution in [0.25, 0.3) is 50.1 Å². The number of fused-ring (bicyclic) bond motifs is 2. The second kappa shape index (κ2) is 10.3. The van der Waals surface area contributed by atoms with Gasteiger partial charge in [-0.25, -0.2) is 13.4 Å². The van der Waals surface area contributed by atoms with Crippen molar-refractivity contribution in [2.75, 3.05) is 24.7 Å². The summed E-state index contributed by atoms with van der Waals surface area (Å²) < 4.78 is 35.0. The Balaban J connectivity index is 1.63.